The number of amides is 1. The summed E-state index contributed by atoms with van der Waals surface area (Å²) in [6.45, 7) is 4.21. The third kappa shape index (κ3) is 4.41. The molecule has 5 nitrogen and oxygen atoms in total. The maximum atomic E-state index is 12.9. The number of benzene rings is 3. The highest BCUT2D eigenvalue weighted by molar-refractivity contribution is 5.93. The minimum absolute atomic E-state index is 0.0364. The average molecular weight is 389 g/mol. The molecule has 0 radical (unpaired) electrons. The van der Waals surface area contributed by atoms with Crippen LogP contribution in [-0.4, -0.2) is 18.7 Å². The zero-order valence-corrected chi connectivity index (χ0v) is 16.6. The van der Waals surface area contributed by atoms with Crippen molar-refractivity contribution in [3.63, 3.8) is 0 Å². The van der Waals surface area contributed by atoms with Gasteiger partial charge in [0.1, 0.15) is 6.04 Å². The lowest BCUT2D eigenvalue weighted by Crippen LogP contribution is -2.92. The minimum atomic E-state index is -0.285. The number of nitrogens with one attached hydrogen (secondary N) is 1. The lowest BCUT2D eigenvalue weighted by Gasteiger charge is -2.21. The van der Waals surface area contributed by atoms with Crippen molar-refractivity contribution in [2.75, 3.05) is 12.1 Å². The molecular weight excluding hydrogens is 364 g/mol. The summed E-state index contributed by atoms with van der Waals surface area (Å²) in [5, 5.41) is 5.08. The fourth-order valence-electron chi connectivity index (χ4n) is 3.46. The normalized spacial score (nSPS) is 14.3. The molecule has 3 aromatic carbocycles. The van der Waals surface area contributed by atoms with Gasteiger partial charge < -0.3 is 20.1 Å². The van der Waals surface area contributed by atoms with Crippen LogP contribution in [0.25, 0.3) is 0 Å². The fourth-order valence-corrected chi connectivity index (χ4v) is 3.46. The topological polar surface area (TPSA) is 64.2 Å². The first-order valence-corrected chi connectivity index (χ1v) is 9.77. The summed E-state index contributed by atoms with van der Waals surface area (Å²) in [5.41, 5.74) is 4.25. The molecule has 4 rings (SSSR count). The van der Waals surface area contributed by atoms with Crippen LogP contribution in [-0.2, 0) is 4.79 Å². The van der Waals surface area contributed by atoms with E-state index in [4.69, 9.17) is 9.47 Å². The van der Waals surface area contributed by atoms with Crippen LogP contribution >= 0.6 is 0 Å². The highest BCUT2D eigenvalue weighted by Crippen LogP contribution is 2.34. The summed E-state index contributed by atoms with van der Waals surface area (Å²) in [7, 11) is 0. The Morgan fingerprint density at radius 1 is 0.931 bits per heavy atom. The Balaban J connectivity index is 1.50. The second kappa shape index (κ2) is 8.37. The Kier molecular flexibility index (Phi) is 5.49. The second-order valence-corrected chi connectivity index (χ2v) is 7.34. The van der Waals surface area contributed by atoms with E-state index < -0.39 is 0 Å². The number of carbonyl (C=O) groups excluding carboxylic acids is 1. The van der Waals surface area contributed by atoms with Crippen molar-refractivity contribution in [2.24, 2.45) is 0 Å². The molecule has 0 saturated carbocycles. The van der Waals surface area contributed by atoms with Crippen LogP contribution in [0, 0.1) is 6.92 Å². The van der Waals surface area contributed by atoms with Gasteiger partial charge in [0, 0.05) is 22.9 Å². The molecule has 0 bridgehead atoms. The molecule has 0 unspecified atom stereocenters. The monoisotopic (exact) mass is 389 g/mol. The number of rotatable bonds is 6. The van der Waals surface area contributed by atoms with Gasteiger partial charge in [-0.1, -0.05) is 60.2 Å². The van der Waals surface area contributed by atoms with E-state index in [1.54, 1.807) is 6.07 Å². The molecule has 0 aliphatic carbocycles. The number of hydrogen-bond acceptors (Lipinski definition) is 3. The summed E-state index contributed by atoms with van der Waals surface area (Å²) in [6, 6.07) is 23.9. The Morgan fingerprint density at radius 3 is 2.38 bits per heavy atom. The van der Waals surface area contributed by atoms with Crippen LogP contribution in [0.3, 0.4) is 0 Å². The lowest BCUT2D eigenvalue weighted by atomic mass is 9.97. The van der Waals surface area contributed by atoms with E-state index >= 15 is 0 Å². The zero-order chi connectivity index (χ0) is 20.2. The maximum absolute atomic E-state index is 12.9. The fraction of sp³-hybridized carbons (Fsp3) is 0.208. The van der Waals surface area contributed by atoms with E-state index in [9.17, 15) is 4.79 Å². The lowest BCUT2D eigenvalue weighted by molar-refractivity contribution is -0.704. The molecule has 5 heteroatoms. The van der Waals surface area contributed by atoms with E-state index in [2.05, 4.69) is 54.0 Å². The van der Waals surface area contributed by atoms with Gasteiger partial charge in [-0.05, 0) is 26.0 Å². The summed E-state index contributed by atoms with van der Waals surface area (Å²) in [6.07, 6.45) is 0. The van der Waals surface area contributed by atoms with E-state index in [1.165, 1.54) is 16.7 Å². The van der Waals surface area contributed by atoms with Crippen molar-refractivity contribution in [1.82, 2.24) is 0 Å². The molecular formula is C24H25N2O3+. The average Bonchev–Trinajstić information content (AvgIpc) is 3.21. The summed E-state index contributed by atoms with van der Waals surface area (Å²) in [4.78, 5) is 12.9. The molecule has 0 saturated heterocycles. The number of carbonyl (C=O) groups is 1. The standard InChI is InChI=1S/C24H24N2O3/c1-16-8-10-19(11-9-16)23(18-6-4-3-5-7-18)25-17(2)24(27)26-20-12-13-21-22(14-20)29-15-28-21/h3-14,17,23,25H,15H2,1-2H3,(H,26,27)/p+1/t17-,23+/m0/s1. The third-order valence-corrected chi connectivity index (χ3v) is 5.13. The van der Waals surface area contributed by atoms with Crippen LogP contribution in [0.1, 0.15) is 29.7 Å². The largest absolute Gasteiger partial charge is 0.454 e. The van der Waals surface area contributed by atoms with E-state index in [1.807, 2.05) is 37.3 Å². The Labute approximate surface area is 170 Å². The van der Waals surface area contributed by atoms with Crippen molar-refractivity contribution in [2.45, 2.75) is 25.9 Å². The summed E-state index contributed by atoms with van der Waals surface area (Å²) in [5.74, 6) is 1.30. The second-order valence-electron chi connectivity index (χ2n) is 7.34. The van der Waals surface area contributed by atoms with Crippen molar-refractivity contribution in [1.29, 1.82) is 0 Å². The van der Waals surface area contributed by atoms with Gasteiger partial charge in [0.25, 0.3) is 5.91 Å². The number of anilines is 1. The van der Waals surface area contributed by atoms with Crippen molar-refractivity contribution in [3.8, 4) is 11.5 Å². The molecule has 0 fully saturated rings. The van der Waals surface area contributed by atoms with Gasteiger partial charge in [-0.25, -0.2) is 0 Å². The quantitative estimate of drug-likeness (QED) is 0.679. The minimum Gasteiger partial charge on any atom is -0.454 e. The summed E-state index contributed by atoms with van der Waals surface area (Å²) < 4.78 is 10.7. The van der Waals surface area contributed by atoms with Crippen LogP contribution in [0.5, 0.6) is 11.5 Å². The van der Waals surface area contributed by atoms with E-state index in [0.29, 0.717) is 17.2 Å². The van der Waals surface area contributed by atoms with Gasteiger partial charge in [-0.15, -0.1) is 0 Å². The SMILES string of the molecule is Cc1ccc([C@H]([NH2+][C@@H](C)C(=O)Nc2ccc3c(c2)OCO3)c2ccccc2)cc1. The molecule has 1 heterocycles. The van der Waals surface area contributed by atoms with Gasteiger partial charge >= 0.3 is 0 Å². The molecule has 2 atom stereocenters. The highest BCUT2D eigenvalue weighted by Gasteiger charge is 2.25. The smallest absolute Gasteiger partial charge is 0.282 e. The number of hydrogen-bond donors (Lipinski definition) is 2. The predicted molar refractivity (Wildman–Crippen MR) is 112 cm³/mol. The van der Waals surface area contributed by atoms with E-state index in [-0.39, 0.29) is 24.8 Å². The molecule has 1 amide bonds. The van der Waals surface area contributed by atoms with Crippen molar-refractivity contribution >= 4 is 11.6 Å². The molecule has 0 aromatic heterocycles. The maximum Gasteiger partial charge on any atom is 0.282 e. The van der Waals surface area contributed by atoms with Gasteiger partial charge in [0.15, 0.2) is 17.5 Å². The van der Waals surface area contributed by atoms with Gasteiger partial charge in [-0.3, -0.25) is 4.79 Å². The number of nitrogens with two attached hydrogens (primary N) is 1. The molecule has 3 aromatic rings. The molecule has 148 valence electrons. The van der Waals surface area contributed by atoms with Crippen LogP contribution in [0.2, 0.25) is 0 Å². The first-order valence-electron chi connectivity index (χ1n) is 9.77. The first kappa shape index (κ1) is 19.0. The Morgan fingerprint density at radius 2 is 1.62 bits per heavy atom. The van der Waals surface area contributed by atoms with Crippen molar-refractivity contribution in [3.05, 3.63) is 89.5 Å². The third-order valence-electron chi connectivity index (χ3n) is 5.13. The van der Waals surface area contributed by atoms with Gasteiger partial charge in [0.05, 0.1) is 0 Å². The molecule has 0 spiro atoms. The number of ether oxygens (including phenoxy) is 2. The van der Waals surface area contributed by atoms with Gasteiger partial charge in [0.2, 0.25) is 6.79 Å². The number of aryl methyl sites for hydroxylation is 1. The molecule has 3 N–H and O–H groups in total. The van der Waals surface area contributed by atoms with E-state index in [0.717, 1.165) is 0 Å². The van der Waals surface area contributed by atoms with Gasteiger partial charge in [-0.2, -0.15) is 0 Å². The molecule has 1 aliphatic rings. The zero-order valence-electron chi connectivity index (χ0n) is 16.6. The van der Waals surface area contributed by atoms with Crippen molar-refractivity contribution < 1.29 is 19.6 Å². The Bertz CT molecular complexity index is 987. The first-order chi connectivity index (χ1) is 14.1. The predicted octanol–water partition coefficient (Wildman–Crippen LogP) is 3.40. The molecule has 29 heavy (non-hydrogen) atoms. The van der Waals surface area contributed by atoms with Crippen LogP contribution in [0.4, 0.5) is 5.69 Å². The van der Waals surface area contributed by atoms with Crippen LogP contribution in [0.15, 0.2) is 72.8 Å². The number of quaternary nitrogens is 1. The number of fused-ring (bicyclic) bond motifs is 1. The highest BCUT2D eigenvalue weighted by atomic mass is 16.7. The Hall–Kier alpha value is -3.31. The molecule has 1 aliphatic heterocycles. The van der Waals surface area contributed by atoms with Crippen LogP contribution < -0.4 is 20.1 Å². The summed E-state index contributed by atoms with van der Waals surface area (Å²) >= 11 is 0.